The summed E-state index contributed by atoms with van der Waals surface area (Å²) >= 11 is 10.1. The quantitative estimate of drug-likeness (QED) is 0.670. The van der Waals surface area contributed by atoms with E-state index in [0.29, 0.717) is 12.6 Å². The van der Waals surface area contributed by atoms with Crippen molar-refractivity contribution in [2.45, 2.75) is 25.4 Å². The van der Waals surface area contributed by atoms with E-state index in [-0.39, 0.29) is 5.91 Å². The first-order chi connectivity index (χ1) is 9.15. The Bertz CT molecular complexity index is 590. The van der Waals surface area contributed by atoms with Crippen LogP contribution in [-0.2, 0) is 6.54 Å². The van der Waals surface area contributed by atoms with E-state index in [4.69, 9.17) is 0 Å². The van der Waals surface area contributed by atoms with Crippen molar-refractivity contribution in [2.24, 2.45) is 0 Å². The monoisotopic (exact) mass is 419 g/mol. The minimum absolute atomic E-state index is 0.127. The molecule has 0 radical (unpaired) electrons. The number of carbonyl (C=O) groups is 1. The molecule has 6 heteroatoms. The lowest BCUT2D eigenvalue weighted by atomic mass is 10.2. The topological polar surface area (TPSA) is 20.3 Å². The van der Waals surface area contributed by atoms with Gasteiger partial charge >= 0.3 is 0 Å². The minimum atomic E-state index is 0.127. The van der Waals surface area contributed by atoms with E-state index in [9.17, 15) is 4.79 Å². The minimum Gasteiger partial charge on any atom is -0.331 e. The number of thiophene rings is 2. The third-order valence-electron chi connectivity index (χ3n) is 3.07. The lowest BCUT2D eigenvalue weighted by Crippen LogP contribution is -2.32. The van der Waals surface area contributed by atoms with Gasteiger partial charge in [-0.05, 0) is 73.2 Å². The molecule has 1 amide bonds. The first-order valence-electron chi connectivity index (χ1n) is 5.92. The lowest BCUT2D eigenvalue weighted by Gasteiger charge is -2.21. The Morgan fingerprint density at radius 1 is 1.42 bits per heavy atom. The zero-order chi connectivity index (χ0) is 13.4. The molecule has 2 heterocycles. The van der Waals surface area contributed by atoms with Crippen LogP contribution in [0.2, 0.25) is 0 Å². The second-order valence-corrected chi connectivity index (χ2v) is 9.06. The zero-order valence-corrected chi connectivity index (χ0v) is 14.7. The third-order valence-corrected chi connectivity index (χ3v) is 6.14. The molecule has 0 unspecified atom stereocenters. The summed E-state index contributed by atoms with van der Waals surface area (Å²) in [7, 11) is 0. The summed E-state index contributed by atoms with van der Waals surface area (Å²) < 4.78 is 1.88. The van der Waals surface area contributed by atoms with E-state index in [1.54, 1.807) is 22.7 Å². The average Bonchev–Trinajstić information content (AvgIpc) is 2.97. The van der Waals surface area contributed by atoms with Crippen LogP contribution in [0.4, 0.5) is 0 Å². The molecule has 0 spiro atoms. The Morgan fingerprint density at radius 3 is 2.74 bits per heavy atom. The summed E-state index contributed by atoms with van der Waals surface area (Å²) in [5, 5.41) is 4.17. The highest BCUT2D eigenvalue weighted by Crippen LogP contribution is 2.36. The molecule has 19 heavy (non-hydrogen) atoms. The molecule has 0 aromatic carbocycles. The van der Waals surface area contributed by atoms with Crippen molar-refractivity contribution in [3.8, 4) is 0 Å². The zero-order valence-electron chi connectivity index (χ0n) is 9.94. The largest absolute Gasteiger partial charge is 0.331 e. The van der Waals surface area contributed by atoms with Crippen LogP contribution in [0.1, 0.15) is 28.8 Å². The molecule has 0 saturated heterocycles. The summed E-state index contributed by atoms with van der Waals surface area (Å²) in [5.41, 5.74) is 1.98. The highest BCUT2D eigenvalue weighted by molar-refractivity contribution is 9.12. The van der Waals surface area contributed by atoms with E-state index < -0.39 is 0 Å². The van der Waals surface area contributed by atoms with E-state index in [1.807, 2.05) is 11.0 Å². The summed E-state index contributed by atoms with van der Waals surface area (Å²) in [6, 6.07) is 4.41. The predicted octanol–water partition coefficient (Wildman–Crippen LogP) is 5.14. The first kappa shape index (κ1) is 13.8. The molecule has 1 saturated carbocycles. The van der Waals surface area contributed by atoms with Gasteiger partial charge in [0.2, 0.25) is 0 Å². The number of nitrogens with zero attached hydrogens (tertiary/aromatic N) is 1. The van der Waals surface area contributed by atoms with Crippen LogP contribution in [0.5, 0.6) is 0 Å². The van der Waals surface area contributed by atoms with Crippen molar-refractivity contribution < 1.29 is 4.79 Å². The van der Waals surface area contributed by atoms with Gasteiger partial charge in [-0.25, -0.2) is 0 Å². The average molecular weight is 421 g/mol. The Labute approximate surface area is 136 Å². The number of hydrogen-bond donors (Lipinski definition) is 0. The molecule has 0 atom stereocenters. The van der Waals surface area contributed by atoms with Gasteiger partial charge in [-0.1, -0.05) is 0 Å². The van der Waals surface area contributed by atoms with Crippen LogP contribution < -0.4 is 0 Å². The Hall–Kier alpha value is -0.170. The number of rotatable bonds is 4. The Kier molecular flexibility index (Phi) is 4.12. The number of carbonyl (C=O) groups excluding carboxylic acids is 1. The molecular formula is C13H11Br2NOS2. The van der Waals surface area contributed by atoms with Crippen molar-refractivity contribution in [1.82, 2.24) is 4.90 Å². The molecule has 0 N–H and O–H groups in total. The summed E-state index contributed by atoms with van der Waals surface area (Å²) in [6.45, 7) is 0.715. The van der Waals surface area contributed by atoms with Gasteiger partial charge in [0.15, 0.2) is 0 Å². The predicted molar refractivity (Wildman–Crippen MR) is 86.9 cm³/mol. The van der Waals surface area contributed by atoms with E-state index in [1.165, 1.54) is 5.56 Å². The maximum atomic E-state index is 12.7. The summed E-state index contributed by atoms with van der Waals surface area (Å²) in [6.07, 6.45) is 2.25. The van der Waals surface area contributed by atoms with Crippen LogP contribution >= 0.6 is 54.5 Å². The summed E-state index contributed by atoms with van der Waals surface area (Å²) in [5.74, 6) is 0.127. The summed E-state index contributed by atoms with van der Waals surface area (Å²) in [4.78, 5) is 14.7. The van der Waals surface area contributed by atoms with Gasteiger partial charge in [0.25, 0.3) is 5.91 Å². The highest BCUT2D eigenvalue weighted by atomic mass is 79.9. The van der Waals surface area contributed by atoms with Crippen LogP contribution in [0.15, 0.2) is 30.5 Å². The molecule has 0 aliphatic heterocycles. The second kappa shape index (κ2) is 5.68. The van der Waals surface area contributed by atoms with E-state index in [2.05, 4.69) is 48.7 Å². The smallest absolute Gasteiger partial charge is 0.256 e. The highest BCUT2D eigenvalue weighted by Gasteiger charge is 2.34. The molecule has 1 aliphatic carbocycles. The van der Waals surface area contributed by atoms with Gasteiger partial charge in [-0.2, -0.15) is 11.3 Å². The fourth-order valence-electron chi connectivity index (χ4n) is 1.97. The van der Waals surface area contributed by atoms with Crippen LogP contribution in [0, 0.1) is 0 Å². The second-order valence-electron chi connectivity index (χ2n) is 4.53. The Balaban J connectivity index is 1.84. The van der Waals surface area contributed by atoms with Gasteiger partial charge in [0, 0.05) is 12.6 Å². The van der Waals surface area contributed by atoms with Crippen molar-refractivity contribution in [3.05, 3.63) is 41.6 Å². The molecule has 0 bridgehead atoms. The maximum absolute atomic E-state index is 12.7. The fraction of sp³-hybridized carbons (Fsp3) is 0.308. The molecule has 100 valence electrons. The fourth-order valence-corrected chi connectivity index (χ4v) is 5.41. The number of halogens is 2. The van der Waals surface area contributed by atoms with E-state index >= 15 is 0 Å². The van der Waals surface area contributed by atoms with Gasteiger partial charge in [0.1, 0.15) is 0 Å². The van der Waals surface area contributed by atoms with E-state index in [0.717, 1.165) is 26.0 Å². The van der Waals surface area contributed by atoms with Gasteiger partial charge in [0.05, 0.1) is 13.1 Å². The molecule has 1 aliphatic rings. The standard InChI is InChI=1S/C13H11Br2NOS2/c14-11-5-10(12(15)19-11)13(17)16(9-1-2-9)6-8-3-4-18-7-8/h3-5,7,9H,1-2,6H2. The van der Waals surface area contributed by atoms with Crippen molar-refractivity contribution in [2.75, 3.05) is 0 Å². The molecule has 1 fully saturated rings. The SMILES string of the molecule is O=C(c1cc(Br)sc1Br)N(Cc1ccsc1)C1CC1. The lowest BCUT2D eigenvalue weighted by molar-refractivity contribution is 0.0730. The van der Waals surface area contributed by atoms with Crippen molar-refractivity contribution in [1.29, 1.82) is 0 Å². The van der Waals surface area contributed by atoms with Crippen LogP contribution in [-0.4, -0.2) is 16.8 Å². The molecule has 2 aromatic rings. The Morgan fingerprint density at radius 2 is 2.21 bits per heavy atom. The third kappa shape index (κ3) is 3.12. The van der Waals surface area contributed by atoms with Gasteiger partial charge in [-0.15, -0.1) is 11.3 Å². The maximum Gasteiger partial charge on any atom is 0.256 e. The molecule has 2 aromatic heterocycles. The molecule has 2 nitrogen and oxygen atoms in total. The molecule has 3 rings (SSSR count). The first-order valence-corrected chi connectivity index (χ1v) is 9.26. The van der Waals surface area contributed by atoms with Crippen molar-refractivity contribution in [3.63, 3.8) is 0 Å². The number of hydrogen-bond acceptors (Lipinski definition) is 3. The van der Waals surface area contributed by atoms with Gasteiger partial charge in [-0.3, -0.25) is 4.79 Å². The van der Waals surface area contributed by atoms with Gasteiger partial charge < -0.3 is 4.90 Å². The van der Waals surface area contributed by atoms with Crippen LogP contribution in [0.25, 0.3) is 0 Å². The number of amides is 1. The van der Waals surface area contributed by atoms with Crippen molar-refractivity contribution >= 4 is 60.4 Å². The molecular weight excluding hydrogens is 410 g/mol. The van der Waals surface area contributed by atoms with Crippen LogP contribution in [0.3, 0.4) is 0 Å². The normalized spacial score (nSPS) is 14.6.